The maximum atomic E-state index is 12.9. The van der Waals surface area contributed by atoms with E-state index < -0.39 is 31.1 Å². The van der Waals surface area contributed by atoms with E-state index in [-0.39, 0.29) is 21.2 Å². The van der Waals surface area contributed by atoms with Gasteiger partial charge < -0.3 is 15.3 Å². The third-order valence-corrected chi connectivity index (χ3v) is 5.37. The lowest BCUT2D eigenvalue weighted by atomic mass is 10.1. The Bertz CT molecular complexity index is 950. The molecule has 30 heavy (non-hydrogen) atoms. The van der Waals surface area contributed by atoms with E-state index in [1.165, 1.54) is 29.6 Å². The van der Waals surface area contributed by atoms with Gasteiger partial charge in [-0.1, -0.05) is 59.6 Å². The number of carboxylic acids is 1. The average molecular weight is 468 g/mol. The summed E-state index contributed by atoms with van der Waals surface area (Å²) in [7, 11) is 0. The highest BCUT2D eigenvalue weighted by molar-refractivity contribution is 7.12. The van der Waals surface area contributed by atoms with Gasteiger partial charge >= 0.3 is 5.97 Å². The van der Waals surface area contributed by atoms with Crippen molar-refractivity contribution in [3.63, 3.8) is 0 Å². The summed E-state index contributed by atoms with van der Waals surface area (Å²) in [5, 5.41) is 30.2. The van der Waals surface area contributed by atoms with Crippen LogP contribution in [0.1, 0.15) is 20.0 Å². The number of hydrogen-bond acceptors (Lipinski definition) is 5. The summed E-state index contributed by atoms with van der Waals surface area (Å²) in [5.74, 6) is -1.86. The number of aliphatic hydroxyl groups is 2. The molecule has 0 saturated heterocycles. The van der Waals surface area contributed by atoms with Crippen molar-refractivity contribution in [1.29, 1.82) is 0 Å². The molecule has 0 spiro atoms. The lowest BCUT2D eigenvalue weighted by molar-refractivity contribution is 0.0702. The Morgan fingerprint density at radius 2 is 1.53 bits per heavy atom. The van der Waals surface area contributed by atoms with Crippen molar-refractivity contribution >= 4 is 52.1 Å². The van der Waals surface area contributed by atoms with Crippen LogP contribution in [0, 0.1) is 0 Å². The van der Waals surface area contributed by atoms with E-state index in [0.717, 1.165) is 16.2 Å². The second kappa shape index (κ2) is 11.7. The average Bonchev–Trinajstić information content (AvgIpc) is 3.23. The first-order chi connectivity index (χ1) is 14.4. The van der Waals surface area contributed by atoms with Crippen LogP contribution in [0.4, 0.5) is 5.69 Å². The molecule has 158 valence electrons. The molecule has 0 bridgehead atoms. The Morgan fingerprint density at radius 1 is 0.967 bits per heavy atom. The molecule has 1 heterocycles. The fourth-order valence-electron chi connectivity index (χ4n) is 2.52. The quantitative estimate of drug-likeness (QED) is 0.497. The molecule has 1 amide bonds. The lowest BCUT2D eigenvalue weighted by Gasteiger charge is -2.29. The summed E-state index contributed by atoms with van der Waals surface area (Å²) >= 11 is 12.8. The van der Waals surface area contributed by atoms with Crippen molar-refractivity contribution in [2.24, 2.45) is 0 Å². The van der Waals surface area contributed by atoms with E-state index in [9.17, 15) is 24.9 Å². The zero-order valence-electron chi connectivity index (χ0n) is 15.6. The predicted molar refractivity (Wildman–Crippen MR) is 119 cm³/mol. The Morgan fingerprint density at radius 3 is 2.00 bits per heavy atom. The monoisotopic (exact) mass is 467 g/mol. The number of carbonyl (C=O) groups is 2. The molecule has 0 unspecified atom stereocenters. The van der Waals surface area contributed by atoms with Gasteiger partial charge in [0.15, 0.2) is 0 Å². The Hall–Kier alpha value is -2.42. The molecule has 3 N–H and O–H groups in total. The largest absolute Gasteiger partial charge is 0.477 e. The number of amides is 1. The Labute approximate surface area is 187 Å². The molecular weight excluding hydrogens is 449 g/mol. The third kappa shape index (κ3) is 6.04. The van der Waals surface area contributed by atoms with Crippen LogP contribution in [0.15, 0.2) is 66.0 Å². The number of anilines is 1. The third-order valence-electron chi connectivity index (χ3n) is 3.93. The van der Waals surface area contributed by atoms with E-state index in [1.54, 1.807) is 0 Å². The summed E-state index contributed by atoms with van der Waals surface area (Å²) in [5.41, 5.74) is 0.159. The fourth-order valence-corrected chi connectivity index (χ4v) is 3.73. The predicted octanol–water partition coefficient (Wildman–Crippen LogP) is 4.44. The number of halogens is 2. The lowest BCUT2D eigenvalue weighted by Crippen LogP contribution is -2.45. The topological polar surface area (TPSA) is 98.1 Å². The van der Waals surface area contributed by atoms with Gasteiger partial charge in [0.2, 0.25) is 0 Å². The number of rotatable bonds is 6. The summed E-state index contributed by atoms with van der Waals surface area (Å²) < 4.78 is 0. The Kier molecular flexibility index (Phi) is 9.29. The van der Waals surface area contributed by atoms with Gasteiger partial charge in [-0.05, 0) is 29.6 Å². The number of carboxylic acid groups (broad SMARTS) is 1. The van der Waals surface area contributed by atoms with Crippen LogP contribution in [0.5, 0.6) is 0 Å². The highest BCUT2D eigenvalue weighted by atomic mass is 35.5. The Balaban J connectivity index is 0.000000456. The molecule has 3 rings (SSSR count). The molecule has 2 aromatic carbocycles. The van der Waals surface area contributed by atoms with Gasteiger partial charge in [-0.2, -0.15) is 0 Å². The SMILES string of the molecule is O=C(O)c1sccc1N(C(=O)c1ccc(Cl)cc1Cl)C(CO)CO.c1ccccc1. The van der Waals surface area contributed by atoms with Crippen molar-refractivity contribution in [1.82, 2.24) is 0 Å². The molecule has 0 fully saturated rings. The van der Waals surface area contributed by atoms with E-state index in [2.05, 4.69) is 0 Å². The first-order valence-electron chi connectivity index (χ1n) is 8.71. The highest BCUT2D eigenvalue weighted by Crippen LogP contribution is 2.31. The van der Waals surface area contributed by atoms with Crippen LogP contribution in [-0.4, -0.2) is 46.5 Å². The number of aromatic carboxylic acids is 1. The van der Waals surface area contributed by atoms with Crippen LogP contribution in [0.2, 0.25) is 10.0 Å². The molecule has 6 nitrogen and oxygen atoms in total. The molecular formula is C21H19Cl2NO5S. The van der Waals surface area contributed by atoms with E-state index in [4.69, 9.17) is 23.2 Å². The van der Waals surface area contributed by atoms with Crippen LogP contribution < -0.4 is 4.90 Å². The fraction of sp³-hybridized carbons (Fsp3) is 0.143. The van der Waals surface area contributed by atoms with E-state index in [0.29, 0.717) is 5.02 Å². The minimum atomic E-state index is -1.21. The summed E-state index contributed by atoms with van der Waals surface area (Å²) in [6.45, 7) is -1.11. The summed E-state index contributed by atoms with van der Waals surface area (Å²) in [4.78, 5) is 25.2. The number of thiophene rings is 1. The maximum Gasteiger partial charge on any atom is 0.348 e. The van der Waals surface area contributed by atoms with Crippen molar-refractivity contribution in [2.45, 2.75) is 6.04 Å². The normalized spacial score (nSPS) is 10.3. The van der Waals surface area contributed by atoms with Gasteiger partial charge in [0.05, 0.1) is 35.5 Å². The summed E-state index contributed by atoms with van der Waals surface area (Å²) in [6.07, 6.45) is 0. The summed E-state index contributed by atoms with van der Waals surface area (Å²) in [6, 6.07) is 16.7. The molecule has 0 radical (unpaired) electrons. The highest BCUT2D eigenvalue weighted by Gasteiger charge is 2.30. The van der Waals surface area contributed by atoms with Crippen LogP contribution in [0.3, 0.4) is 0 Å². The van der Waals surface area contributed by atoms with E-state index >= 15 is 0 Å². The van der Waals surface area contributed by atoms with Crippen LogP contribution in [-0.2, 0) is 0 Å². The zero-order valence-corrected chi connectivity index (χ0v) is 17.9. The van der Waals surface area contributed by atoms with Crippen LogP contribution >= 0.6 is 34.5 Å². The van der Waals surface area contributed by atoms with Gasteiger partial charge in [-0.25, -0.2) is 4.79 Å². The van der Waals surface area contributed by atoms with Crippen molar-refractivity contribution in [3.8, 4) is 0 Å². The molecule has 0 atom stereocenters. The number of aliphatic hydroxyl groups excluding tert-OH is 2. The standard InChI is InChI=1S/C15H13Cl2NO5S.C6H6/c16-8-1-2-10(11(17)5-8)14(21)18(9(6-19)7-20)12-3-4-24-13(12)15(22)23;1-2-4-6-5-3-1/h1-5,9,19-20H,6-7H2,(H,22,23);1-6H. The van der Waals surface area contributed by atoms with Crippen molar-refractivity contribution in [3.05, 3.63) is 86.5 Å². The maximum absolute atomic E-state index is 12.9. The van der Waals surface area contributed by atoms with Gasteiger partial charge in [0.25, 0.3) is 5.91 Å². The molecule has 0 saturated carbocycles. The first-order valence-corrected chi connectivity index (χ1v) is 10.3. The van der Waals surface area contributed by atoms with Crippen molar-refractivity contribution < 1.29 is 24.9 Å². The smallest absolute Gasteiger partial charge is 0.348 e. The minimum Gasteiger partial charge on any atom is -0.477 e. The number of carbonyl (C=O) groups excluding carboxylic acids is 1. The number of nitrogens with zero attached hydrogens (tertiary/aromatic N) is 1. The second-order valence-corrected chi connectivity index (χ2v) is 7.67. The molecule has 0 aliphatic rings. The first kappa shape index (κ1) is 23.9. The molecule has 1 aromatic heterocycles. The van der Waals surface area contributed by atoms with E-state index in [1.807, 2.05) is 36.4 Å². The van der Waals surface area contributed by atoms with Gasteiger partial charge in [0, 0.05) is 5.02 Å². The molecule has 0 aliphatic carbocycles. The molecule has 0 aliphatic heterocycles. The van der Waals surface area contributed by atoms with Crippen molar-refractivity contribution in [2.75, 3.05) is 18.1 Å². The van der Waals surface area contributed by atoms with Gasteiger partial charge in [0.1, 0.15) is 4.88 Å². The number of benzene rings is 2. The molecule has 3 aromatic rings. The zero-order chi connectivity index (χ0) is 22.1. The van der Waals surface area contributed by atoms with Gasteiger partial charge in [-0.3, -0.25) is 9.69 Å². The van der Waals surface area contributed by atoms with Gasteiger partial charge in [-0.15, -0.1) is 11.3 Å². The second-order valence-electron chi connectivity index (χ2n) is 5.91. The number of hydrogen-bond donors (Lipinski definition) is 3. The molecule has 9 heteroatoms. The minimum absolute atomic E-state index is 0.0792. The van der Waals surface area contributed by atoms with Crippen LogP contribution in [0.25, 0.3) is 0 Å².